The number of fused-ring (bicyclic) bond motifs is 1. The summed E-state index contributed by atoms with van der Waals surface area (Å²) in [7, 11) is 0. The van der Waals surface area contributed by atoms with Crippen LogP contribution in [-0.2, 0) is 16.8 Å². The van der Waals surface area contributed by atoms with E-state index in [0.29, 0.717) is 12.3 Å². The van der Waals surface area contributed by atoms with Gasteiger partial charge in [0, 0.05) is 0 Å². The van der Waals surface area contributed by atoms with Crippen molar-refractivity contribution in [3.63, 3.8) is 0 Å². The van der Waals surface area contributed by atoms with E-state index in [1.54, 1.807) is 0 Å². The molecule has 2 rings (SSSR count). The number of aliphatic carboxylic acids is 1. The number of rotatable bonds is 4. The summed E-state index contributed by atoms with van der Waals surface area (Å²) in [5.74, 6) is -0.317. The molecule has 0 saturated heterocycles. The molecule has 3 heteroatoms. The van der Waals surface area contributed by atoms with Crippen molar-refractivity contribution >= 4 is 5.97 Å². The van der Waals surface area contributed by atoms with E-state index in [2.05, 4.69) is 31.3 Å². The molecule has 1 unspecified atom stereocenters. The van der Waals surface area contributed by atoms with Gasteiger partial charge >= 0.3 is 5.97 Å². The van der Waals surface area contributed by atoms with Crippen LogP contribution in [-0.4, -0.2) is 17.6 Å². The smallest absolute Gasteiger partial charge is 0.328 e. The molecule has 0 aromatic heterocycles. The molecular formula is C15H21NO2. The molecule has 1 atom stereocenters. The molecule has 0 spiro atoms. The van der Waals surface area contributed by atoms with Gasteiger partial charge in [0.15, 0.2) is 0 Å². The minimum absolute atomic E-state index is 0.440. The van der Waals surface area contributed by atoms with Crippen molar-refractivity contribution in [3.8, 4) is 0 Å². The standard InChI is InChI=1S/C15H21NO2/c1-10(2)9-16-15(14(17)18)7-6-12-5-4-11(3)8-13(12)15/h4-5,8,10,16H,6-7,9H2,1-3H3,(H,17,18). The lowest BCUT2D eigenvalue weighted by atomic mass is 9.90. The van der Waals surface area contributed by atoms with Crippen molar-refractivity contribution in [1.82, 2.24) is 5.32 Å². The lowest BCUT2D eigenvalue weighted by Gasteiger charge is -2.28. The monoisotopic (exact) mass is 247 g/mol. The molecule has 0 heterocycles. The Morgan fingerprint density at radius 2 is 2.22 bits per heavy atom. The molecular weight excluding hydrogens is 226 g/mol. The summed E-state index contributed by atoms with van der Waals surface area (Å²) in [5, 5.41) is 12.9. The van der Waals surface area contributed by atoms with Crippen molar-refractivity contribution in [3.05, 3.63) is 34.9 Å². The van der Waals surface area contributed by atoms with Crippen LogP contribution in [0.5, 0.6) is 0 Å². The minimum Gasteiger partial charge on any atom is -0.480 e. The van der Waals surface area contributed by atoms with Crippen LogP contribution in [0, 0.1) is 12.8 Å². The highest BCUT2D eigenvalue weighted by atomic mass is 16.4. The summed E-state index contributed by atoms with van der Waals surface area (Å²) in [6.45, 7) is 6.91. The van der Waals surface area contributed by atoms with Gasteiger partial charge in [-0.3, -0.25) is 5.32 Å². The average Bonchev–Trinajstić information content (AvgIpc) is 2.66. The van der Waals surface area contributed by atoms with Crippen molar-refractivity contribution in [1.29, 1.82) is 0 Å². The summed E-state index contributed by atoms with van der Waals surface area (Å²) in [4.78, 5) is 11.7. The molecule has 0 fully saturated rings. The van der Waals surface area contributed by atoms with Crippen LogP contribution in [0.4, 0.5) is 0 Å². The second kappa shape index (κ2) is 4.73. The molecule has 3 nitrogen and oxygen atoms in total. The van der Waals surface area contributed by atoms with Crippen LogP contribution in [0.2, 0.25) is 0 Å². The third-order valence-corrected chi connectivity index (χ3v) is 3.67. The van der Waals surface area contributed by atoms with E-state index in [-0.39, 0.29) is 0 Å². The van der Waals surface area contributed by atoms with Gasteiger partial charge in [0.2, 0.25) is 0 Å². The number of carboxylic acids is 1. The fourth-order valence-corrected chi connectivity index (χ4v) is 2.62. The number of nitrogens with one attached hydrogen (secondary N) is 1. The van der Waals surface area contributed by atoms with Crippen LogP contribution in [0.1, 0.15) is 37.0 Å². The Morgan fingerprint density at radius 1 is 1.50 bits per heavy atom. The molecule has 0 saturated carbocycles. The van der Waals surface area contributed by atoms with Gasteiger partial charge in [0.1, 0.15) is 5.54 Å². The molecule has 0 bridgehead atoms. The van der Waals surface area contributed by atoms with Gasteiger partial charge < -0.3 is 5.11 Å². The number of carboxylic acid groups (broad SMARTS) is 1. The van der Waals surface area contributed by atoms with E-state index >= 15 is 0 Å². The van der Waals surface area contributed by atoms with E-state index in [4.69, 9.17) is 0 Å². The molecule has 0 radical (unpaired) electrons. The Labute approximate surface area is 108 Å². The summed E-state index contributed by atoms with van der Waals surface area (Å²) in [6, 6.07) is 6.13. The second-order valence-corrected chi connectivity index (χ2v) is 5.65. The first-order valence-corrected chi connectivity index (χ1v) is 6.54. The maximum atomic E-state index is 11.7. The predicted molar refractivity (Wildman–Crippen MR) is 71.7 cm³/mol. The zero-order valence-corrected chi connectivity index (χ0v) is 11.3. The van der Waals surface area contributed by atoms with Gasteiger partial charge in [0.05, 0.1) is 0 Å². The van der Waals surface area contributed by atoms with E-state index in [1.165, 1.54) is 5.56 Å². The summed E-state index contributed by atoms with van der Waals surface area (Å²) in [5.41, 5.74) is 2.36. The fourth-order valence-electron chi connectivity index (χ4n) is 2.62. The average molecular weight is 247 g/mol. The quantitative estimate of drug-likeness (QED) is 0.859. The zero-order valence-electron chi connectivity index (χ0n) is 11.3. The van der Waals surface area contributed by atoms with Crippen molar-refractivity contribution in [2.45, 2.75) is 39.2 Å². The van der Waals surface area contributed by atoms with Crippen LogP contribution in [0.15, 0.2) is 18.2 Å². The summed E-state index contributed by atoms with van der Waals surface area (Å²) < 4.78 is 0. The summed E-state index contributed by atoms with van der Waals surface area (Å²) >= 11 is 0. The largest absolute Gasteiger partial charge is 0.480 e. The second-order valence-electron chi connectivity index (χ2n) is 5.65. The van der Waals surface area contributed by atoms with Crippen molar-refractivity contribution in [2.75, 3.05) is 6.54 Å². The third kappa shape index (κ3) is 2.15. The number of aryl methyl sites for hydroxylation is 2. The van der Waals surface area contributed by atoms with Gasteiger partial charge in [-0.1, -0.05) is 37.6 Å². The van der Waals surface area contributed by atoms with Gasteiger partial charge in [-0.05, 0) is 43.4 Å². The Kier molecular flexibility index (Phi) is 3.44. The first kappa shape index (κ1) is 13.1. The normalized spacial score (nSPS) is 22.2. The number of hydrogen-bond acceptors (Lipinski definition) is 2. The maximum Gasteiger partial charge on any atom is 0.328 e. The molecule has 0 aliphatic heterocycles. The summed E-state index contributed by atoms with van der Waals surface area (Å²) in [6.07, 6.45) is 1.49. The minimum atomic E-state index is -0.883. The van der Waals surface area contributed by atoms with Gasteiger partial charge in [-0.15, -0.1) is 0 Å². The van der Waals surface area contributed by atoms with Crippen molar-refractivity contribution < 1.29 is 9.90 Å². The van der Waals surface area contributed by atoms with Crippen molar-refractivity contribution in [2.24, 2.45) is 5.92 Å². The topological polar surface area (TPSA) is 49.3 Å². The van der Waals surface area contributed by atoms with E-state index < -0.39 is 11.5 Å². The zero-order chi connectivity index (χ0) is 13.3. The molecule has 2 N–H and O–H groups in total. The number of benzene rings is 1. The Bertz CT molecular complexity index is 468. The highest BCUT2D eigenvalue weighted by molar-refractivity contribution is 5.82. The van der Waals surface area contributed by atoms with Crippen LogP contribution >= 0.6 is 0 Å². The van der Waals surface area contributed by atoms with Crippen LogP contribution < -0.4 is 5.32 Å². The Balaban J connectivity index is 2.40. The molecule has 1 aromatic carbocycles. The molecule has 98 valence electrons. The predicted octanol–water partition coefficient (Wildman–Crippen LogP) is 2.47. The van der Waals surface area contributed by atoms with Crippen LogP contribution in [0.25, 0.3) is 0 Å². The lowest BCUT2D eigenvalue weighted by molar-refractivity contribution is -0.145. The van der Waals surface area contributed by atoms with Crippen LogP contribution in [0.3, 0.4) is 0 Å². The fraction of sp³-hybridized carbons (Fsp3) is 0.533. The molecule has 0 amide bonds. The first-order valence-electron chi connectivity index (χ1n) is 6.54. The SMILES string of the molecule is Cc1ccc2c(c1)C(NCC(C)C)(C(=O)O)CC2. The Hall–Kier alpha value is -1.35. The van der Waals surface area contributed by atoms with Gasteiger partial charge in [-0.2, -0.15) is 0 Å². The van der Waals surface area contributed by atoms with E-state index in [9.17, 15) is 9.90 Å². The van der Waals surface area contributed by atoms with Gasteiger partial charge in [-0.25, -0.2) is 4.79 Å². The molecule has 1 aromatic rings. The molecule has 1 aliphatic carbocycles. The lowest BCUT2D eigenvalue weighted by Crippen LogP contribution is -2.48. The molecule has 1 aliphatic rings. The third-order valence-electron chi connectivity index (χ3n) is 3.67. The highest BCUT2D eigenvalue weighted by Crippen LogP contribution is 2.37. The maximum absolute atomic E-state index is 11.7. The highest BCUT2D eigenvalue weighted by Gasteiger charge is 2.45. The Morgan fingerprint density at radius 3 is 2.83 bits per heavy atom. The first-order chi connectivity index (χ1) is 8.45. The van der Waals surface area contributed by atoms with Gasteiger partial charge in [0.25, 0.3) is 0 Å². The molecule has 18 heavy (non-hydrogen) atoms. The number of hydrogen-bond donors (Lipinski definition) is 2. The van der Waals surface area contributed by atoms with E-state index in [1.807, 2.05) is 13.0 Å². The van der Waals surface area contributed by atoms with E-state index in [0.717, 1.165) is 24.1 Å². The number of carbonyl (C=O) groups is 1.